The first-order chi connectivity index (χ1) is 5.59. The average Bonchev–Trinajstić information content (AvgIpc) is 1.96. The Kier molecular flexibility index (Phi) is 2.19. The lowest BCUT2D eigenvalue weighted by Gasteiger charge is -2.05. The number of guanidine groups is 1. The molecule has 0 radical (unpaired) electrons. The topological polar surface area (TPSA) is 82.1 Å². The van der Waals surface area contributed by atoms with E-state index < -0.39 is 0 Å². The number of hydrogen-bond acceptors (Lipinski definition) is 2. The molecule has 5 N–H and O–H groups in total. The lowest BCUT2D eigenvalue weighted by molar-refractivity contribution is 0.471. The van der Waals surface area contributed by atoms with Crippen molar-refractivity contribution in [2.75, 3.05) is 5.32 Å². The van der Waals surface area contributed by atoms with Gasteiger partial charge in [-0.3, -0.25) is 5.41 Å². The monoisotopic (exact) mass is 165 g/mol. The van der Waals surface area contributed by atoms with Crippen molar-refractivity contribution in [1.29, 1.82) is 5.41 Å². The number of aryl methyl sites for hydroxylation is 1. The van der Waals surface area contributed by atoms with E-state index in [2.05, 4.69) is 5.32 Å². The normalized spacial score (nSPS) is 9.42. The standard InChI is InChI=1S/C8H11N3O/c1-5-4-6(11-8(9)10)2-3-7(5)12/h2-4,12H,1H3,(H4,9,10,11). The van der Waals surface area contributed by atoms with Gasteiger partial charge in [0.05, 0.1) is 0 Å². The van der Waals surface area contributed by atoms with Crippen molar-refractivity contribution in [2.45, 2.75) is 6.92 Å². The van der Waals surface area contributed by atoms with Gasteiger partial charge in [0.2, 0.25) is 0 Å². The van der Waals surface area contributed by atoms with E-state index in [0.29, 0.717) is 5.69 Å². The third-order valence-electron chi connectivity index (χ3n) is 1.48. The van der Waals surface area contributed by atoms with Crippen LogP contribution in [-0.4, -0.2) is 11.1 Å². The number of anilines is 1. The molecule has 0 aliphatic heterocycles. The Bertz CT molecular complexity index is 309. The lowest BCUT2D eigenvalue weighted by atomic mass is 10.2. The Hall–Kier alpha value is -1.71. The molecule has 0 unspecified atom stereocenters. The van der Waals surface area contributed by atoms with Crippen LogP contribution in [0.25, 0.3) is 0 Å². The summed E-state index contributed by atoms with van der Waals surface area (Å²) in [6.45, 7) is 1.78. The van der Waals surface area contributed by atoms with Crippen LogP contribution in [0.5, 0.6) is 5.75 Å². The van der Waals surface area contributed by atoms with Crippen LogP contribution >= 0.6 is 0 Å². The molecule has 0 amide bonds. The second-order valence-corrected chi connectivity index (χ2v) is 2.54. The molecule has 0 aliphatic carbocycles. The van der Waals surface area contributed by atoms with Gasteiger partial charge in [-0.1, -0.05) is 0 Å². The highest BCUT2D eigenvalue weighted by Gasteiger charge is 1.97. The zero-order valence-electron chi connectivity index (χ0n) is 6.76. The molecular formula is C8H11N3O. The summed E-state index contributed by atoms with van der Waals surface area (Å²) in [5, 5.41) is 18.7. The number of nitrogens with two attached hydrogens (primary N) is 1. The van der Waals surface area contributed by atoms with Gasteiger partial charge in [0.1, 0.15) is 5.75 Å². The molecule has 12 heavy (non-hydrogen) atoms. The van der Waals surface area contributed by atoms with Crippen LogP contribution in [0.1, 0.15) is 5.56 Å². The van der Waals surface area contributed by atoms with Crippen molar-refractivity contribution < 1.29 is 5.11 Å². The number of nitrogens with one attached hydrogen (secondary N) is 2. The van der Waals surface area contributed by atoms with E-state index in [1.165, 1.54) is 0 Å². The molecule has 1 aromatic rings. The van der Waals surface area contributed by atoms with Crippen molar-refractivity contribution in [3.63, 3.8) is 0 Å². The second-order valence-electron chi connectivity index (χ2n) is 2.54. The Morgan fingerprint density at radius 1 is 1.58 bits per heavy atom. The molecule has 4 heteroatoms. The summed E-state index contributed by atoms with van der Waals surface area (Å²) in [4.78, 5) is 0. The summed E-state index contributed by atoms with van der Waals surface area (Å²) in [6, 6.07) is 4.93. The quantitative estimate of drug-likeness (QED) is 0.285. The summed E-state index contributed by atoms with van der Waals surface area (Å²) in [6.07, 6.45) is 0. The molecule has 0 fully saturated rings. The minimum atomic E-state index is -0.111. The first-order valence-electron chi connectivity index (χ1n) is 3.50. The molecule has 0 saturated heterocycles. The summed E-state index contributed by atoms with van der Waals surface area (Å²) in [7, 11) is 0. The third-order valence-corrected chi connectivity index (χ3v) is 1.48. The zero-order chi connectivity index (χ0) is 9.14. The molecule has 0 saturated carbocycles. The van der Waals surface area contributed by atoms with E-state index >= 15 is 0 Å². The fourth-order valence-electron chi connectivity index (χ4n) is 0.889. The summed E-state index contributed by atoms with van der Waals surface area (Å²) < 4.78 is 0. The fraction of sp³-hybridized carbons (Fsp3) is 0.125. The van der Waals surface area contributed by atoms with Crippen LogP contribution in [0.2, 0.25) is 0 Å². The van der Waals surface area contributed by atoms with E-state index in [0.717, 1.165) is 5.56 Å². The van der Waals surface area contributed by atoms with Crippen LogP contribution in [0.4, 0.5) is 5.69 Å². The van der Waals surface area contributed by atoms with Gasteiger partial charge in [-0.25, -0.2) is 0 Å². The van der Waals surface area contributed by atoms with Crippen LogP contribution in [0.15, 0.2) is 18.2 Å². The molecular weight excluding hydrogens is 154 g/mol. The van der Waals surface area contributed by atoms with Crippen LogP contribution in [0, 0.1) is 12.3 Å². The number of rotatable bonds is 1. The molecule has 0 bridgehead atoms. The molecule has 0 spiro atoms. The van der Waals surface area contributed by atoms with Gasteiger partial charge in [0, 0.05) is 5.69 Å². The van der Waals surface area contributed by atoms with Crippen LogP contribution < -0.4 is 11.1 Å². The van der Waals surface area contributed by atoms with Crippen molar-refractivity contribution in [3.8, 4) is 5.75 Å². The molecule has 0 aromatic heterocycles. The summed E-state index contributed by atoms with van der Waals surface area (Å²) in [5.74, 6) is 0.129. The largest absolute Gasteiger partial charge is 0.508 e. The predicted octanol–water partition coefficient (Wildman–Crippen LogP) is 1.01. The number of aromatic hydroxyl groups is 1. The van der Waals surface area contributed by atoms with Gasteiger partial charge in [-0.15, -0.1) is 0 Å². The Balaban J connectivity index is 2.89. The van der Waals surface area contributed by atoms with Crippen molar-refractivity contribution in [3.05, 3.63) is 23.8 Å². The molecule has 4 nitrogen and oxygen atoms in total. The molecule has 0 aliphatic rings. The highest BCUT2D eigenvalue weighted by Crippen LogP contribution is 2.19. The molecule has 0 heterocycles. The van der Waals surface area contributed by atoms with E-state index in [9.17, 15) is 0 Å². The van der Waals surface area contributed by atoms with E-state index in [1.54, 1.807) is 25.1 Å². The molecule has 1 aromatic carbocycles. The maximum atomic E-state index is 9.17. The number of hydrogen-bond donors (Lipinski definition) is 4. The van der Waals surface area contributed by atoms with Crippen LogP contribution in [-0.2, 0) is 0 Å². The second kappa shape index (κ2) is 3.13. The van der Waals surface area contributed by atoms with E-state index in [1.807, 2.05) is 0 Å². The van der Waals surface area contributed by atoms with Gasteiger partial charge >= 0.3 is 0 Å². The lowest BCUT2D eigenvalue weighted by Crippen LogP contribution is -2.20. The fourth-order valence-corrected chi connectivity index (χ4v) is 0.889. The Labute approximate surface area is 70.5 Å². The molecule has 1 rings (SSSR count). The third kappa shape index (κ3) is 1.88. The van der Waals surface area contributed by atoms with Gasteiger partial charge in [0.15, 0.2) is 5.96 Å². The predicted molar refractivity (Wildman–Crippen MR) is 48.4 cm³/mol. The first-order valence-corrected chi connectivity index (χ1v) is 3.50. The van der Waals surface area contributed by atoms with E-state index in [-0.39, 0.29) is 11.7 Å². The number of phenols is 1. The van der Waals surface area contributed by atoms with Crippen molar-refractivity contribution in [2.24, 2.45) is 5.73 Å². The van der Waals surface area contributed by atoms with Gasteiger partial charge in [0.25, 0.3) is 0 Å². The van der Waals surface area contributed by atoms with Crippen molar-refractivity contribution in [1.82, 2.24) is 0 Å². The highest BCUT2D eigenvalue weighted by atomic mass is 16.3. The Morgan fingerprint density at radius 3 is 2.75 bits per heavy atom. The summed E-state index contributed by atoms with van der Waals surface area (Å²) in [5.41, 5.74) is 6.58. The Morgan fingerprint density at radius 2 is 2.25 bits per heavy atom. The van der Waals surface area contributed by atoms with E-state index in [4.69, 9.17) is 16.2 Å². The molecule has 0 atom stereocenters. The van der Waals surface area contributed by atoms with Gasteiger partial charge in [-0.05, 0) is 30.7 Å². The highest BCUT2D eigenvalue weighted by molar-refractivity contribution is 5.89. The van der Waals surface area contributed by atoms with Gasteiger partial charge < -0.3 is 16.2 Å². The minimum absolute atomic E-state index is 0.111. The minimum Gasteiger partial charge on any atom is -0.508 e. The first kappa shape index (κ1) is 8.39. The molecule has 64 valence electrons. The smallest absolute Gasteiger partial charge is 0.190 e. The zero-order valence-corrected chi connectivity index (χ0v) is 6.76. The average molecular weight is 165 g/mol. The number of phenolic OH excluding ortho intramolecular Hbond substituents is 1. The maximum Gasteiger partial charge on any atom is 0.190 e. The SMILES string of the molecule is Cc1cc(NC(=N)N)ccc1O. The van der Waals surface area contributed by atoms with Crippen LogP contribution in [0.3, 0.4) is 0 Å². The maximum absolute atomic E-state index is 9.17. The van der Waals surface area contributed by atoms with Crippen molar-refractivity contribution >= 4 is 11.6 Å². The number of benzene rings is 1. The summed E-state index contributed by atoms with van der Waals surface area (Å²) >= 11 is 0. The van der Waals surface area contributed by atoms with Gasteiger partial charge in [-0.2, -0.15) is 0 Å².